The molecule has 25 heavy (non-hydrogen) atoms. The van der Waals surface area contributed by atoms with Crippen LogP contribution in [0.5, 0.6) is 0 Å². The van der Waals surface area contributed by atoms with Crippen molar-refractivity contribution in [2.75, 3.05) is 26.8 Å². The van der Waals surface area contributed by atoms with Crippen LogP contribution < -0.4 is 5.32 Å². The number of nitrogens with zero attached hydrogens (tertiary/aromatic N) is 2. The summed E-state index contributed by atoms with van der Waals surface area (Å²) in [7, 11) is 1.25. The number of hydrogen-bond donors (Lipinski definition) is 1. The molecular weight excluding hydrogens is 330 g/mol. The number of methoxy groups -OCH3 is 1. The van der Waals surface area contributed by atoms with Gasteiger partial charge in [0.25, 0.3) is 0 Å². The number of aromatic nitrogens is 1. The zero-order chi connectivity index (χ0) is 18.7. The number of hydrogen-bond acceptors (Lipinski definition) is 7. The number of unbranched alkanes of at least 4 members (excludes halogenated alkanes) is 2. The molecule has 0 bridgehead atoms. The van der Waals surface area contributed by atoms with Gasteiger partial charge in [-0.15, -0.1) is 0 Å². The van der Waals surface area contributed by atoms with E-state index in [0.717, 1.165) is 19.3 Å². The third-order valence-corrected chi connectivity index (χ3v) is 3.28. The minimum Gasteiger partial charge on any atom is -0.465 e. The van der Waals surface area contributed by atoms with Crippen molar-refractivity contribution in [2.24, 2.45) is 0 Å². The Balaban J connectivity index is 2.68. The summed E-state index contributed by atoms with van der Waals surface area (Å²) in [6, 6.07) is -0.429. The van der Waals surface area contributed by atoms with Gasteiger partial charge in [-0.25, -0.2) is 14.6 Å². The zero-order valence-corrected chi connectivity index (χ0v) is 14.9. The first-order chi connectivity index (χ1) is 12.0. The summed E-state index contributed by atoms with van der Waals surface area (Å²) in [6.45, 7) is 4.34. The minimum atomic E-state index is -0.612. The Hall–Kier alpha value is -2.58. The van der Waals surface area contributed by atoms with Crippen molar-refractivity contribution >= 4 is 18.0 Å². The summed E-state index contributed by atoms with van der Waals surface area (Å²) in [5.74, 6) is -0.907. The van der Waals surface area contributed by atoms with Crippen LogP contribution in [0, 0.1) is 0 Å². The normalized spacial score (nSPS) is 10.2. The topological polar surface area (TPSA) is 111 Å². The standard InChI is InChI=1S/C16H25N3O6/c1-4-6-7-8-19(16(22)17-9-14(20)24-5-2)10-13-18-12(11-25-13)15(21)23-3/h11H,4-10H2,1-3H3,(H,17,22). The van der Waals surface area contributed by atoms with Gasteiger partial charge in [-0.3, -0.25) is 4.79 Å². The van der Waals surface area contributed by atoms with Gasteiger partial charge in [0.1, 0.15) is 12.8 Å². The summed E-state index contributed by atoms with van der Waals surface area (Å²) < 4.78 is 14.6. The van der Waals surface area contributed by atoms with E-state index < -0.39 is 18.0 Å². The Kier molecular flexibility index (Phi) is 9.05. The molecule has 0 aliphatic heterocycles. The van der Waals surface area contributed by atoms with Gasteiger partial charge in [0.05, 0.1) is 20.3 Å². The largest absolute Gasteiger partial charge is 0.465 e. The van der Waals surface area contributed by atoms with Crippen LogP contribution >= 0.6 is 0 Å². The van der Waals surface area contributed by atoms with E-state index in [-0.39, 0.29) is 31.3 Å². The average molecular weight is 355 g/mol. The van der Waals surface area contributed by atoms with E-state index >= 15 is 0 Å². The molecule has 1 N–H and O–H groups in total. The van der Waals surface area contributed by atoms with E-state index in [0.29, 0.717) is 6.54 Å². The highest BCUT2D eigenvalue weighted by Gasteiger charge is 2.19. The van der Waals surface area contributed by atoms with Crippen LogP contribution in [-0.4, -0.2) is 54.7 Å². The monoisotopic (exact) mass is 355 g/mol. The van der Waals surface area contributed by atoms with Crippen LogP contribution in [0.1, 0.15) is 49.5 Å². The second-order valence-corrected chi connectivity index (χ2v) is 5.21. The Morgan fingerprint density at radius 1 is 1.28 bits per heavy atom. The fraction of sp³-hybridized carbons (Fsp3) is 0.625. The quantitative estimate of drug-likeness (QED) is 0.502. The van der Waals surface area contributed by atoms with Crippen LogP contribution in [-0.2, 0) is 20.8 Å². The van der Waals surface area contributed by atoms with Crippen molar-refractivity contribution < 1.29 is 28.3 Å². The van der Waals surface area contributed by atoms with Gasteiger partial charge < -0.3 is 24.1 Å². The number of ether oxygens (including phenoxy) is 2. The lowest BCUT2D eigenvalue weighted by Gasteiger charge is -2.21. The molecule has 0 unspecified atom stereocenters. The maximum Gasteiger partial charge on any atom is 0.360 e. The van der Waals surface area contributed by atoms with Crippen molar-refractivity contribution in [3.63, 3.8) is 0 Å². The third-order valence-electron chi connectivity index (χ3n) is 3.28. The number of amides is 2. The van der Waals surface area contributed by atoms with E-state index in [9.17, 15) is 14.4 Å². The minimum absolute atomic E-state index is 0.0398. The molecule has 0 atom stereocenters. The van der Waals surface area contributed by atoms with Gasteiger partial charge in [0.15, 0.2) is 5.69 Å². The molecule has 0 aliphatic carbocycles. The first-order valence-corrected chi connectivity index (χ1v) is 8.22. The summed E-state index contributed by atoms with van der Waals surface area (Å²) in [6.07, 6.45) is 3.94. The lowest BCUT2D eigenvalue weighted by Crippen LogP contribution is -2.42. The Morgan fingerprint density at radius 3 is 2.68 bits per heavy atom. The number of carbonyl (C=O) groups excluding carboxylic acids is 3. The number of rotatable bonds is 10. The fourth-order valence-electron chi connectivity index (χ4n) is 2.02. The fourth-order valence-corrected chi connectivity index (χ4v) is 2.02. The van der Waals surface area contributed by atoms with Gasteiger partial charge in [0, 0.05) is 6.54 Å². The maximum absolute atomic E-state index is 12.3. The number of oxazole rings is 1. The van der Waals surface area contributed by atoms with E-state index in [1.807, 2.05) is 0 Å². The van der Waals surface area contributed by atoms with Crippen molar-refractivity contribution in [3.05, 3.63) is 17.8 Å². The molecule has 0 aliphatic rings. The van der Waals surface area contributed by atoms with Crippen molar-refractivity contribution in [1.29, 1.82) is 0 Å². The van der Waals surface area contributed by atoms with E-state index in [1.165, 1.54) is 18.3 Å². The molecule has 1 rings (SSSR count). The average Bonchev–Trinajstić information content (AvgIpc) is 3.07. The molecule has 0 spiro atoms. The SMILES string of the molecule is CCCCCN(Cc1nc(C(=O)OC)co1)C(=O)NCC(=O)OCC. The Labute approximate surface area is 146 Å². The van der Waals surface area contributed by atoms with E-state index in [1.54, 1.807) is 6.92 Å². The van der Waals surface area contributed by atoms with Crippen LogP contribution in [0.4, 0.5) is 4.79 Å². The number of esters is 2. The second kappa shape index (κ2) is 11.1. The highest BCUT2D eigenvalue weighted by molar-refractivity contribution is 5.86. The number of urea groups is 1. The molecule has 140 valence electrons. The summed E-state index contributed by atoms with van der Waals surface area (Å²) in [5, 5.41) is 2.51. The summed E-state index contributed by atoms with van der Waals surface area (Å²) >= 11 is 0. The van der Waals surface area contributed by atoms with Crippen LogP contribution in [0.2, 0.25) is 0 Å². The van der Waals surface area contributed by atoms with Gasteiger partial charge >= 0.3 is 18.0 Å². The molecule has 0 fully saturated rings. The van der Waals surface area contributed by atoms with E-state index in [2.05, 4.69) is 22.0 Å². The van der Waals surface area contributed by atoms with Crippen LogP contribution in [0.15, 0.2) is 10.7 Å². The molecule has 9 nitrogen and oxygen atoms in total. The predicted octanol–water partition coefficient (Wildman–Crippen LogP) is 1.73. The van der Waals surface area contributed by atoms with Gasteiger partial charge in [-0.2, -0.15) is 0 Å². The zero-order valence-electron chi connectivity index (χ0n) is 14.9. The smallest absolute Gasteiger partial charge is 0.360 e. The van der Waals surface area contributed by atoms with Crippen LogP contribution in [0.3, 0.4) is 0 Å². The summed E-state index contributed by atoms with van der Waals surface area (Å²) in [5.41, 5.74) is 0.0398. The Bertz CT molecular complexity index is 572. The molecule has 1 heterocycles. The first kappa shape index (κ1) is 20.5. The lowest BCUT2D eigenvalue weighted by molar-refractivity contribution is -0.141. The number of nitrogens with one attached hydrogen (secondary N) is 1. The molecular formula is C16H25N3O6. The van der Waals surface area contributed by atoms with Crippen LogP contribution in [0.25, 0.3) is 0 Å². The molecule has 9 heteroatoms. The van der Waals surface area contributed by atoms with E-state index in [4.69, 9.17) is 9.15 Å². The molecule has 0 saturated heterocycles. The third kappa shape index (κ3) is 7.23. The lowest BCUT2D eigenvalue weighted by atomic mass is 10.2. The first-order valence-electron chi connectivity index (χ1n) is 8.22. The van der Waals surface area contributed by atoms with Gasteiger partial charge in [-0.05, 0) is 13.3 Å². The summed E-state index contributed by atoms with van der Waals surface area (Å²) in [4.78, 5) is 40.5. The van der Waals surface area contributed by atoms with Crippen molar-refractivity contribution in [2.45, 2.75) is 39.7 Å². The molecule has 0 saturated carbocycles. The highest BCUT2D eigenvalue weighted by atomic mass is 16.5. The molecule has 0 radical (unpaired) electrons. The van der Waals surface area contributed by atoms with Crippen molar-refractivity contribution in [3.8, 4) is 0 Å². The maximum atomic E-state index is 12.3. The highest BCUT2D eigenvalue weighted by Crippen LogP contribution is 2.09. The number of carbonyl (C=O) groups is 3. The molecule has 2 amide bonds. The van der Waals surface area contributed by atoms with Gasteiger partial charge in [-0.1, -0.05) is 19.8 Å². The second-order valence-electron chi connectivity index (χ2n) is 5.21. The molecule has 1 aromatic rings. The molecule has 0 aromatic carbocycles. The van der Waals surface area contributed by atoms with Crippen molar-refractivity contribution in [1.82, 2.24) is 15.2 Å². The van der Waals surface area contributed by atoms with Gasteiger partial charge in [0.2, 0.25) is 5.89 Å². The Morgan fingerprint density at radius 2 is 2.04 bits per heavy atom. The molecule has 1 aromatic heterocycles. The predicted molar refractivity (Wildman–Crippen MR) is 87.8 cm³/mol.